The van der Waals surface area contributed by atoms with Crippen molar-refractivity contribution in [3.63, 3.8) is 0 Å². The molecule has 0 radical (unpaired) electrons. The van der Waals surface area contributed by atoms with E-state index in [1.807, 2.05) is 13.0 Å². The molecule has 2 aromatic rings. The SMILES string of the molecule is Cc1cc(C)n(C2CN(c3ccc(C#N)cn3)C2)n1. The van der Waals surface area contributed by atoms with E-state index in [0.717, 1.165) is 24.6 Å². The molecule has 2 aromatic heterocycles. The van der Waals surface area contributed by atoms with Crippen LogP contribution in [0.15, 0.2) is 24.4 Å². The van der Waals surface area contributed by atoms with Gasteiger partial charge in [-0.15, -0.1) is 0 Å². The third-order valence-electron chi connectivity index (χ3n) is 3.45. The molecule has 19 heavy (non-hydrogen) atoms. The number of hydrogen-bond donors (Lipinski definition) is 0. The number of nitrogens with zero attached hydrogens (tertiary/aromatic N) is 5. The number of nitriles is 1. The molecule has 0 atom stereocenters. The predicted octanol–water partition coefficient (Wildman–Crippen LogP) is 1.83. The summed E-state index contributed by atoms with van der Waals surface area (Å²) in [6, 6.07) is 8.30. The van der Waals surface area contributed by atoms with Crippen LogP contribution < -0.4 is 4.90 Å². The molecule has 96 valence electrons. The lowest BCUT2D eigenvalue weighted by atomic mass is 10.1. The van der Waals surface area contributed by atoms with Gasteiger partial charge in [-0.2, -0.15) is 10.4 Å². The lowest BCUT2D eigenvalue weighted by molar-refractivity contribution is 0.359. The van der Waals surface area contributed by atoms with Crippen molar-refractivity contribution in [2.24, 2.45) is 0 Å². The number of aryl methyl sites for hydroxylation is 2. The van der Waals surface area contributed by atoms with E-state index < -0.39 is 0 Å². The second-order valence-corrected chi connectivity index (χ2v) is 4.95. The molecule has 0 aliphatic carbocycles. The van der Waals surface area contributed by atoms with E-state index in [9.17, 15) is 0 Å². The van der Waals surface area contributed by atoms with E-state index in [1.165, 1.54) is 5.69 Å². The van der Waals surface area contributed by atoms with Gasteiger partial charge in [-0.1, -0.05) is 0 Å². The Balaban J connectivity index is 1.69. The second kappa shape index (κ2) is 4.39. The van der Waals surface area contributed by atoms with Gasteiger partial charge in [0.05, 0.1) is 17.3 Å². The molecule has 0 spiro atoms. The molecule has 0 amide bonds. The van der Waals surface area contributed by atoms with E-state index in [1.54, 1.807) is 12.3 Å². The van der Waals surface area contributed by atoms with Gasteiger partial charge in [0.2, 0.25) is 0 Å². The first kappa shape index (κ1) is 11.7. The highest BCUT2D eigenvalue weighted by atomic mass is 15.4. The van der Waals surface area contributed by atoms with Gasteiger partial charge in [0, 0.05) is 25.0 Å². The first-order valence-electron chi connectivity index (χ1n) is 6.31. The molecule has 0 aromatic carbocycles. The van der Waals surface area contributed by atoms with E-state index in [-0.39, 0.29) is 0 Å². The van der Waals surface area contributed by atoms with Crippen molar-refractivity contribution in [3.8, 4) is 6.07 Å². The smallest absolute Gasteiger partial charge is 0.128 e. The Morgan fingerprint density at radius 1 is 1.32 bits per heavy atom. The van der Waals surface area contributed by atoms with Gasteiger partial charge in [-0.3, -0.25) is 4.68 Å². The number of pyridine rings is 1. The Labute approximate surface area is 112 Å². The maximum Gasteiger partial charge on any atom is 0.128 e. The summed E-state index contributed by atoms with van der Waals surface area (Å²) in [5.41, 5.74) is 2.86. The van der Waals surface area contributed by atoms with Gasteiger partial charge in [0.25, 0.3) is 0 Å². The van der Waals surface area contributed by atoms with Gasteiger partial charge in [0.15, 0.2) is 0 Å². The van der Waals surface area contributed by atoms with Gasteiger partial charge in [-0.05, 0) is 32.0 Å². The number of hydrogen-bond acceptors (Lipinski definition) is 4. The van der Waals surface area contributed by atoms with Crippen molar-refractivity contribution in [3.05, 3.63) is 41.3 Å². The Kier molecular flexibility index (Phi) is 2.71. The highest BCUT2D eigenvalue weighted by molar-refractivity contribution is 5.44. The van der Waals surface area contributed by atoms with Crippen molar-refractivity contribution in [2.45, 2.75) is 19.9 Å². The van der Waals surface area contributed by atoms with E-state index in [2.05, 4.69) is 38.7 Å². The zero-order valence-electron chi connectivity index (χ0n) is 11.0. The highest BCUT2D eigenvalue weighted by Gasteiger charge is 2.30. The lowest BCUT2D eigenvalue weighted by Crippen LogP contribution is -2.48. The Morgan fingerprint density at radius 3 is 2.63 bits per heavy atom. The third-order valence-corrected chi connectivity index (χ3v) is 3.45. The maximum atomic E-state index is 8.75. The third kappa shape index (κ3) is 2.06. The van der Waals surface area contributed by atoms with Crippen molar-refractivity contribution in [2.75, 3.05) is 18.0 Å². The molecule has 0 N–H and O–H groups in total. The van der Waals surface area contributed by atoms with Crippen LogP contribution in [0.3, 0.4) is 0 Å². The Bertz CT molecular complexity index is 629. The molecule has 5 nitrogen and oxygen atoms in total. The van der Waals surface area contributed by atoms with Crippen molar-refractivity contribution >= 4 is 5.82 Å². The van der Waals surface area contributed by atoms with Gasteiger partial charge in [0.1, 0.15) is 11.9 Å². The molecular formula is C14H15N5. The fraction of sp³-hybridized carbons (Fsp3) is 0.357. The minimum Gasteiger partial charge on any atom is -0.352 e. The first-order chi connectivity index (χ1) is 9.17. The molecule has 0 bridgehead atoms. The first-order valence-corrected chi connectivity index (χ1v) is 6.31. The van der Waals surface area contributed by atoms with E-state index >= 15 is 0 Å². The van der Waals surface area contributed by atoms with Crippen LogP contribution in [0.25, 0.3) is 0 Å². The fourth-order valence-electron chi connectivity index (χ4n) is 2.45. The zero-order valence-corrected chi connectivity index (χ0v) is 11.0. The van der Waals surface area contributed by atoms with E-state index in [4.69, 9.17) is 5.26 Å². The number of anilines is 1. The quantitative estimate of drug-likeness (QED) is 0.819. The molecule has 0 unspecified atom stereocenters. The average molecular weight is 253 g/mol. The Hall–Kier alpha value is -2.35. The molecule has 0 saturated carbocycles. The topological polar surface area (TPSA) is 57.7 Å². The molecule has 3 rings (SSSR count). The van der Waals surface area contributed by atoms with E-state index in [0.29, 0.717) is 11.6 Å². The Morgan fingerprint density at radius 2 is 2.11 bits per heavy atom. The highest BCUT2D eigenvalue weighted by Crippen LogP contribution is 2.27. The standard InChI is InChI=1S/C14H15N5/c1-10-5-11(2)19(17-10)13-8-18(9-13)14-4-3-12(6-15)7-16-14/h3-5,7,13H,8-9H2,1-2H3. The van der Waals surface area contributed by atoms with Gasteiger partial charge >= 0.3 is 0 Å². The molecule has 1 fully saturated rings. The van der Waals surface area contributed by atoms with Gasteiger partial charge in [-0.25, -0.2) is 4.98 Å². The molecule has 3 heterocycles. The predicted molar refractivity (Wildman–Crippen MR) is 71.9 cm³/mol. The van der Waals surface area contributed by atoms with Crippen molar-refractivity contribution < 1.29 is 0 Å². The summed E-state index contributed by atoms with van der Waals surface area (Å²) in [6.45, 7) is 5.94. The summed E-state index contributed by atoms with van der Waals surface area (Å²) in [5, 5.41) is 13.3. The summed E-state index contributed by atoms with van der Waals surface area (Å²) < 4.78 is 2.09. The summed E-state index contributed by atoms with van der Waals surface area (Å²) in [5.74, 6) is 0.928. The van der Waals surface area contributed by atoms with Crippen molar-refractivity contribution in [1.29, 1.82) is 5.26 Å². The molecular weight excluding hydrogens is 238 g/mol. The van der Waals surface area contributed by atoms with Crippen LogP contribution in [0.4, 0.5) is 5.82 Å². The normalized spacial score (nSPS) is 15.1. The number of rotatable bonds is 2. The molecule has 1 aliphatic heterocycles. The minimum absolute atomic E-state index is 0.422. The largest absolute Gasteiger partial charge is 0.352 e. The summed E-state index contributed by atoms with van der Waals surface area (Å²) in [7, 11) is 0. The van der Waals surface area contributed by atoms with Crippen LogP contribution in [0.2, 0.25) is 0 Å². The summed E-state index contributed by atoms with van der Waals surface area (Å²) >= 11 is 0. The number of aromatic nitrogens is 3. The maximum absolute atomic E-state index is 8.75. The monoisotopic (exact) mass is 253 g/mol. The molecule has 1 aliphatic rings. The average Bonchev–Trinajstić information content (AvgIpc) is 2.68. The van der Waals surface area contributed by atoms with Gasteiger partial charge < -0.3 is 4.90 Å². The van der Waals surface area contributed by atoms with Crippen LogP contribution in [-0.4, -0.2) is 27.9 Å². The van der Waals surface area contributed by atoms with Crippen LogP contribution in [0, 0.1) is 25.2 Å². The lowest BCUT2D eigenvalue weighted by Gasteiger charge is -2.40. The minimum atomic E-state index is 0.422. The summed E-state index contributed by atoms with van der Waals surface area (Å²) in [6.07, 6.45) is 1.62. The molecule has 5 heteroatoms. The van der Waals surface area contributed by atoms with Crippen molar-refractivity contribution in [1.82, 2.24) is 14.8 Å². The zero-order chi connectivity index (χ0) is 13.4. The second-order valence-electron chi connectivity index (χ2n) is 4.95. The van der Waals surface area contributed by atoms with Crippen LogP contribution >= 0.6 is 0 Å². The van der Waals surface area contributed by atoms with Crippen LogP contribution in [0.5, 0.6) is 0 Å². The molecule has 1 saturated heterocycles. The fourth-order valence-corrected chi connectivity index (χ4v) is 2.45. The van der Waals surface area contributed by atoms with Crippen LogP contribution in [-0.2, 0) is 0 Å². The summed E-state index contributed by atoms with van der Waals surface area (Å²) in [4.78, 5) is 6.50. The van der Waals surface area contributed by atoms with Crippen LogP contribution in [0.1, 0.15) is 23.0 Å².